The number of hydrogen-bond acceptors (Lipinski definition) is 5. The van der Waals surface area contributed by atoms with Gasteiger partial charge in [-0.25, -0.2) is 13.2 Å². The molecule has 1 heterocycles. The molecule has 1 aromatic carbocycles. The van der Waals surface area contributed by atoms with Crippen LogP contribution < -0.4 is 20.1 Å². The lowest BCUT2D eigenvalue weighted by Gasteiger charge is -2.32. The summed E-state index contributed by atoms with van der Waals surface area (Å²) in [5, 5.41) is 6.08. The van der Waals surface area contributed by atoms with Crippen molar-refractivity contribution in [3.63, 3.8) is 0 Å². The Bertz CT molecular complexity index is 832. The molecule has 1 saturated heterocycles. The van der Waals surface area contributed by atoms with E-state index in [2.05, 4.69) is 10.6 Å². The van der Waals surface area contributed by atoms with Crippen molar-refractivity contribution in [1.29, 1.82) is 0 Å². The van der Waals surface area contributed by atoms with Crippen LogP contribution in [0.2, 0.25) is 0 Å². The zero-order chi connectivity index (χ0) is 22.3. The number of nitrogens with zero attached hydrogens (tertiary/aromatic N) is 1. The summed E-state index contributed by atoms with van der Waals surface area (Å²) < 4.78 is 38.9. The molecule has 0 aromatic heterocycles. The number of carbonyl (C=O) groups is 1. The Morgan fingerprint density at radius 2 is 1.52 bits per heavy atom. The Morgan fingerprint density at radius 3 is 2.13 bits per heavy atom. The third kappa shape index (κ3) is 6.26. The number of hydrogen-bond donors (Lipinski definition) is 2. The number of ether oxygens (including phenoxy) is 2. The van der Waals surface area contributed by atoms with E-state index in [1.165, 1.54) is 16.8 Å². The number of urea groups is 1. The summed E-state index contributed by atoms with van der Waals surface area (Å²) in [6.45, 7) is 5.35. The predicted molar refractivity (Wildman–Crippen MR) is 119 cm³/mol. The summed E-state index contributed by atoms with van der Waals surface area (Å²) in [5.74, 6) is 0.969. The smallest absolute Gasteiger partial charge is 0.315 e. The second kappa shape index (κ2) is 11.0. The van der Waals surface area contributed by atoms with Crippen LogP contribution in [-0.2, 0) is 10.0 Å². The zero-order valence-corrected chi connectivity index (χ0v) is 19.4. The number of sulfonamides is 1. The van der Waals surface area contributed by atoms with Crippen molar-refractivity contribution < 1.29 is 22.7 Å². The number of nitrogens with one attached hydrogen (secondary N) is 2. The van der Waals surface area contributed by atoms with Crippen LogP contribution in [0.1, 0.15) is 58.8 Å². The van der Waals surface area contributed by atoms with Gasteiger partial charge >= 0.3 is 6.03 Å². The third-order valence-corrected chi connectivity index (χ3v) is 7.78. The minimum atomic E-state index is -3.64. The van der Waals surface area contributed by atoms with Gasteiger partial charge in [-0.05, 0) is 51.7 Å². The molecule has 2 aliphatic rings. The van der Waals surface area contributed by atoms with Gasteiger partial charge in [0.2, 0.25) is 10.0 Å². The van der Waals surface area contributed by atoms with Crippen molar-refractivity contribution in [3.05, 3.63) is 18.2 Å². The molecule has 1 aliphatic heterocycles. The predicted octanol–water partition coefficient (Wildman–Crippen LogP) is 3.27. The number of rotatable bonds is 8. The molecule has 1 aliphatic carbocycles. The summed E-state index contributed by atoms with van der Waals surface area (Å²) in [6, 6.07) is 4.84. The average molecular weight is 454 g/mol. The lowest BCUT2D eigenvalue weighted by atomic mass is 9.96. The number of piperidine rings is 1. The average Bonchev–Trinajstić information content (AvgIpc) is 2.76. The summed E-state index contributed by atoms with van der Waals surface area (Å²) in [4.78, 5) is 12.5. The molecule has 174 valence electrons. The van der Waals surface area contributed by atoms with E-state index in [4.69, 9.17) is 9.47 Å². The Hall–Kier alpha value is -2.00. The van der Waals surface area contributed by atoms with Crippen molar-refractivity contribution >= 4 is 16.1 Å². The van der Waals surface area contributed by atoms with E-state index in [0.29, 0.717) is 50.6 Å². The highest BCUT2D eigenvalue weighted by Crippen LogP contribution is 2.32. The van der Waals surface area contributed by atoms with Gasteiger partial charge in [0.05, 0.1) is 18.1 Å². The molecule has 1 saturated carbocycles. The minimum Gasteiger partial charge on any atom is -0.490 e. The van der Waals surface area contributed by atoms with Gasteiger partial charge in [0.15, 0.2) is 11.5 Å². The SMILES string of the molecule is CCOc1ccc(S(=O)(=O)N2CCC(NC(=O)NC3CCCCC3)CC2)cc1OCC. The van der Waals surface area contributed by atoms with Crippen molar-refractivity contribution in [1.82, 2.24) is 14.9 Å². The molecular formula is C22H35N3O5S. The van der Waals surface area contributed by atoms with E-state index >= 15 is 0 Å². The fourth-order valence-electron chi connectivity index (χ4n) is 4.24. The maximum Gasteiger partial charge on any atom is 0.315 e. The standard InChI is InChI=1S/C22H35N3O5S/c1-3-29-20-11-10-19(16-21(20)30-4-2)31(27,28)25-14-12-18(13-15-25)24-22(26)23-17-8-6-5-7-9-17/h10-11,16-18H,3-9,12-15H2,1-2H3,(H2,23,24,26). The molecule has 8 nitrogen and oxygen atoms in total. The van der Waals surface area contributed by atoms with Crippen molar-refractivity contribution in [2.75, 3.05) is 26.3 Å². The molecule has 3 rings (SSSR count). The fraction of sp³-hybridized carbons (Fsp3) is 0.682. The molecule has 1 aromatic rings. The van der Waals surface area contributed by atoms with Gasteiger partial charge in [0, 0.05) is 31.2 Å². The highest BCUT2D eigenvalue weighted by Gasteiger charge is 2.31. The molecule has 0 spiro atoms. The van der Waals surface area contributed by atoms with Crippen LogP contribution >= 0.6 is 0 Å². The number of amides is 2. The second-order valence-corrected chi connectivity index (χ2v) is 10.0. The van der Waals surface area contributed by atoms with E-state index in [9.17, 15) is 13.2 Å². The normalized spacial score (nSPS) is 19.0. The number of benzene rings is 1. The van der Waals surface area contributed by atoms with Gasteiger partial charge in [-0.3, -0.25) is 0 Å². The monoisotopic (exact) mass is 453 g/mol. The Kier molecular flexibility index (Phi) is 8.43. The lowest BCUT2D eigenvalue weighted by molar-refractivity contribution is 0.220. The molecule has 0 atom stereocenters. The molecule has 2 fully saturated rings. The van der Waals surface area contributed by atoms with Crippen LogP contribution in [-0.4, -0.2) is 57.1 Å². The summed E-state index contributed by atoms with van der Waals surface area (Å²) in [5.41, 5.74) is 0. The molecule has 31 heavy (non-hydrogen) atoms. The second-order valence-electron chi connectivity index (χ2n) is 8.11. The first kappa shape index (κ1) is 23.7. The van der Waals surface area contributed by atoms with Gasteiger partial charge in [-0.1, -0.05) is 19.3 Å². The molecular weight excluding hydrogens is 418 g/mol. The molecule has 9 heteroatoms. The lowest BCUT2D eigenvalue weighted by Crippen LogP contribution is -2.51. The Balaban J connectivity index is 1.56. The van der Waals surface area contributed by atoms with Crippen LogP contribution in [0.4, 0.5) is 4.79 Å². The van der Waals surface area contributed by atoms with E-state index in [1.54, 1.807) is 12.1 Å². The largest absolute Gasteiger partial charge is 0.490 e. The van der Waals surface area contributed by atoms with Gasteiger partial charge in [-0.2, -0.15) is 4.31 Å². The van der Waals surface area contributed by atoms with Crippen LogP contribution in [0, 0.1) is 0 Å². The highest BCUT2D eigenvalue weighted by molar-refractivity contribution is 7.89. The van der Waals surface area contributed by atoms with E-state index in [1.807, 2.05) is 13.8 Å². The van der Waals surface area contributed by atoms with Gasteiger partial charge < -0.3 is 20.1 Å². The van der Waals surface area contributed by atoms with Crippen molar-refractivity contribution in [2.45, 2.75) is 75.8 Å². The first-order valence-electron chi connectivity index (χ1n) is 11.4. The summed E-state index contributed by atoms with van der Waals surface area (Å²) >= 11 is 0. The van der Waals surface area contributed by atoms with Crippen LogP contribution in [0.3, 0.4) is 0 Å². The van der Waals surface area contributed by atoms with E-state index in [0.717, 1.165) is 25.7 Å². The Labute approximate surface area is 185 Å². The van der Waals surface area contributed by atoms with Crippen molar-refractivity contribution in [3.8, 4) is 11.5 Å². The van der Waals surface area contributed by atoms with Crippen molar-refractivity contribution in [2.24, 2.45) is 0 Å². The van der Waals surface area contributed by atoms with Crippen LogP contribution in [0.25, 0.3) is 0 Å². The number of carbonyl (C=O) groups excluding carboxylic acids is 1. The highest BCUT2D eigenvalue weighted by atomic mass is 32.2. The molecule has 0 unspecified atom stereocenters. The molecule has 2 N–H and O–H groups in total. The van der Waals surface area contributed by atoms with Crippen LogP contribution in [0.15, 0.2) is 23.1 Å². The first-order chi connectivity index (χ1) is 14.9. The van der Waals surface area contributed by atoms with Gasteiger partial charge in [0.25, 0.3) is 0 Å². The van der Waals surface area contributed by atoms with E-state index in [-0.39, 0.29) is 23.0 Å². The quantitative estimate of drug-likeness (QED) is 0.630. The minimum absolute atomic E-state index is 0.0191. The molecule has 2 amide bonds. The van der Waals surface area contributed by atoms with E-state index < -0.39 is 10.0 Å². The first-order valence-corrected chi connectivity index (χ1v) is 12.8. The topological polar surface area (TPSA) is 97.0 Å². The van der Waals surface area contributed by atoms with Crippen LogP contribution in [0.5, 0.6) is 11.5 Å². The Morgan fingerprint density at radius 1 is 0.935 bits per heavy atom. The van der Waals surface area contributed by atoms with Gasteiger partial charge in [0.1, 0.15) is 0 Å². The van der Waals surface area contributed by atoms with Gasteiger partial charge in [-0.15, -0.1) is 0 Å². The maximum absolute atomic E-state index is 13.1. The molecule has 0 radical (unpaired) electrons. The third-order valence-electron chi connectivity index (χ3n) is 5.88. The summed E-state index contributed by atoms with van der Waals surface area (Å²) in [7, 11) is -3.64. The fourth-order valence-corrected chi connectivity index (χ4v) is 5.73. The molecule has 0 bridgehead atoms. The zero-order valence-electron chi connectivity index (χ0n) is 18.6. The maximum atomic E-state index is 13.1. The summed E-state index contributed by atoms with van der Waals surface area (Å²) in [6.07, 6.45) is 6.83.